The number of hydrogen-bond acceptors (Lipinski definition) is 3. The maximum atomic E-state index is 11.6. The van der Waals surface area contributed by atoms with E-state index in [1.165, 1.54) is 29.5 Å². The highest BCUT2D eigenvalue weighted by Crippen LogP contribution is 2.33. The van der Waals surface area contributed by atoms with Crippen molar-refractivity contribution in [1.82, 2.24) is 4.90 Å². The van der Waals surface area contributed by atoms with Crippen molar-refractivity contribution in [2.45, 2.75) is 38.3 Å². The molecule has 1 N–H and O–H groups in total. The molecule has 0 atom stereocenters. The van der Waals surface area contributed by atoms with Gasteiger partial charge in [-0.25, -0.2) is 0 Å². The highest BCUT2D eigenvalue weighted by Gasteiger charge is 2.23. The van der Waals surface area contributed by atoms with Crippen LogP contribution in [0.1, 0.15) is 41.0 Å². The molecule has 2 heterocycles. The van der Waals surface area contributed by atoms with Crippen molar-refractivity contribution in [3.05, 3.63) is 95.1 Å². The molecule has 0 aliphatic carbocycles. The summed E-state index contributed by atoms with van der Waals surface area (Å²) in [6.07, 6.45) is 2.85. The molecule has 31 heavy (non-hydrogen) atoms. The van der Waals surface area contributed by atoms with Crippen molar-refractivity contribution >= 4 is 11.6 Å². The number of carbonyl (C=O) groups is 1. The number of nitrogens with one attached hydrogen (secondary N) is 1. The number of fused-ring (bicyclic) bond motifs is 1. The third-order valence-corrected chi connectivity index (χ3v) is 6.39. The minimum atomic E-state index is 0.110. The van der Waals surface area contributed by atoms with E-state index >= 15 is 0 Å². The molecule has 1 amide bonds. The van der Waals surface area contributed by atoms with E-state index in [1.54, 1.807) is 0 Å². The third kappa shape index (κ3) is 4.80. The molecule has 0 radical (unpaired) electrons. The maximum absolute atomic E-state index is 11.6. The molecule has 2 aliphatic rings. The lowest BCUT2D eigenvalue weighted by Crippen LogP contribution is -2.32. The van der Waals surface area contributed by atoms with Crippen molar-refractivity contribution < 1.29 is 9.53 Å². The van der Waals surface area contributed by atoms with Gasteiger partial charge in [0, 0.05) is 12.2 Å². The molecule has 3 aromatic rings. The number of benzene rings is 3. The van der Waals surface area contributed by atoms with Crippen LogP contribution in [0.5, 0.6) is 5.75 Å². The first-order valence-electron chi connectivity index (χ1n) is 11.1. The van der Waals surface area contributed by atoms with Gasteiger partial charge in [-0.15, -0.1) is 0 Å². The Morgan fingerprint density at radius 3 is 2.45 bits per heavy atom. The molecule has 0 spiro atoms. The third-order valence-electron chi connectivity index (χ3n) is 6.39. The number of amides is 1. The Hall–Kier alpha value is -3.11. The number of carbonyl (C=O) groups excluding carboxylic acids is 1. The van der Waals surface area contributed by atoms with Crippen LogP contribution in [0.15, 0.2) is 72.8 Å². The first-order chi connectivity index (χ1) is 15.2. The zero-order chi connectivity index (χ0) is 21.0. The van der Waals surface area contributed by atoms with E-state index in [0.29, 0.717) is 18.9 Å². The fraction of sp³-hybridized carbons (Fsp3) is 0.296. The fourth-order valence-electron chi connectivity index (χ4n) is 4.62. The number of piperidine rings is 1. The lowest BCUT2D eigenvalue weighted by molar-refractivity contribution is -0.115. The molecule has 3 aromatic carbocycles. The highest BCUT2D eigenvalue weighted by molar-refractivity contribution is 5.99. The molecule has 0 aromatic heterocycles. The summed E-state index contributed by atoms with van der Waals surface area (Å²) in [5, 5.41) is 2.93. The van der Waals surface area contributed by atoms with E-state index in [9.17, 15) is 4.79 Å². The Bertz CT molecular complexity index is 1040. The van der Waals surface area contributed by atoms with E-state index < -0.39 is 0 Å². The summed E-state index contributed by atoms with van der Waals surface area (Å²) >= 11 is 0. The Balaban J connectivity index is 1.11. The fourth-order valence-corrected chi connectivity index (χ4v) is 4.62. The lowest BCUT2D eigenvalue weighted by atomic mass is 9.88. The van der Waals surface area contributed by atoms with Gasteiger partial charge in [0.1, 0.15) is 12.4 Å². The van der Waals surface area contributed by atoms with E-state index in [2.05, 4.69) is 64.8 Å². The predicted molar refractivity (Wildman–Crippen MR) is 123 cm³/mol. The van der Waals surface area contributed by atoms with Crippen LogP contribution in [0.25, 0.3) is 0 Å². The monoisotopic (exact) mass is 412 g/mol. The first-order valence-corrected chi connectivity index (χ1v) is 11.1. The van der Waals surface area contributed by atoms with E-state index in [1.807, 2.05) is 18.2 Å². The van der Waals surface area contributed by atoms with Gasteiger partial charge < -0.3 is 10.1 Å². The number of nitrogens with zero attached hydrogens (tertiary/aromatic N) is 1. The number of rotatable bonds is 6. The number of likely N-dealkylation sites (tertiary alicyclic amines) is 1. The Morgan fingerprint density at radius 1 is 0.903 bits per heavy atom. The van der Waals surface area contributed by atoms with Crippen LogP contribution in [0.3, 0.4) is 0 Å². The van der Waals surface area contributed by atoms with Crippen LogP contribution in [0.4, 0.5) is 5.69 Å². The quantitative estimate of drug-likeness (QED) is 0.610. The Kier molecular flexibility index (Phi) is 5.72. The highest BCUT2D eigenvalue weighted by atomic mass is 16.5. The van der Waals surface area contributed by atoms with Crippen molar-refractivity contribution in [2.75, 3.05) is 18.4 Å². The first kappa shape index (κ1) is 19.8. The molecule has 0 unspecified atom stereocenters. The Labute approximate surface area is 183 Å². The van der Waals surface area contributed by atoms with Gasteiger partial charge in [0.15, 0.2) is 0 Å². The van der Waals surface area contributed by atoms with Crippen LogP contribution in [-0.2, 0) is 24.4 Å². The molecule has 0 bridgehead atoms. The van der Waals surface area contributed by atoms with E-state index in [-0.39, 0.29) is 5.91 Å². The van der Waals surface area contributed by atoms with Crippen LogP contribution < -0.4 is 10.1 Å². The molecule has 1 fully saturated rings. The van der Waals surface area contributed by atoms with Gasteiger partial charge in [-0.1, -0.05) is 54.6 Å². The van der Waals surface area contributed by atoms with Crippen LogP contribution in [0.2, 0.25) is 0 Å². The Morgan fingerprint density at radius 2 is 1.68 bits per heavy atom. The summed E-state index contributed by atoms with van der Waals surface area (Å²) in [6, 6.07) is 25.3. The van der Waals surface area contributed by atoms with E-state index in [4.69, 9.17) is 4.74 Å². The topological polar surface area (TPSA) is 41.6 Å². The summed E-state index contributed by atoms with van der Waals surface area (Å²) in [7, 11) is 0. The zero-order valence-electron chi connectivity index (χ0n) is 17.7. The molecule has 4 heteroatoms. The zero-order valence-corrected chi connectivity index (χ0v) is 17.7. The standard InChI is InChI=1S/C27H28N2O2/c30-27-17-24-16-23(8-11-26(24)28-27)22-12-14-29(15-13-22)18-20-6-9-25(10-7-20)31-19-21-4-2-1-3-5-21/h1-11,16,22H,12-15,17-19H2,(H,28,30). The van der Waals surface area contributed by atoms with Crippen molar-refractivity contribution in [3.63, 3.8) is 0 Å². The van der Waals surface area contributed by atoms with Gasteiger partial charge in [-0.05, 0) is 72.3 Å². The summed E-state index contributed by atoms with van der Waals surface area (Å²) in [5.41, 5.74) is 6.03. The average Bonchev–Trinajstić information content (AvgIpc) is 3.19. The van der Waals surface area contributed by atoms with Gasteiger partial charge >= 0.3 is 0 Å². The van der Waals surface area contributed by atoms with Crippen LogP contribution in [0, 0.1) is 0 Å². The summed E-state index contributed by atoms with van der Waals surface area (Å²) in [6.45, 7) is 3.78. The van der Waals surface area contributed by atoms with Gasteiger partial charge in [0.05, 0.1) is 6.42 Å². The average molecular weight is 413 g/mol. The second-order valence-corrected chi connectivity index (χ2v) is 8.61. The minimum absolute atomic E-state index is 0.110. The van der Waals surface area contributed by atoms with E-state index in [0.717, 1.165) is 36.6 Å². The van der Waals surface area contributed by atoms with Gasteiger partial charge in [0.2, 0.25) is 5.91 Å². The molecular formula is C27H28N2O2. The normalized spacial score (nSPS) is 16.7. The second kappa shape index (κ2) is 8.94. The molecule has 5 rings (SSSR count). The summed E-state index contributed by atoms with van der Waals surface area (Å²) in [4.78, 5) is 14.1. The van der Waals surface area contributed by atoms with Crippen molar-refractivity contribution in [1.29, 1.82) is 0 Å². The number of ether oxygens (including phenoxy) is 1. The summed E-state index contributed by atoms with van der Waals surface area (Å²) in [5.74, 6) is 1.61. The smallest absolute Gasteiger partial charge is 0.228 e. The molecule has 4 nitrogen and oxygen atoms in total. The molecule has 1 saturated heterocycles. The number of anilines is 1. The molecule has 0 saturated carbocycles. The molecular weight excluding hydrogens is 384 g/mol. The van der Waals surface area contributed by atoms with Crippen molar-refractivity contribution in [3.8, 4) is 5.75 Å². The minimum Gasteiger partial charge on any atom is -0.489 e. The molecule has 2 aliphatic heterocycles. The second-order valence-electron chi connectivity index (χ2n) is 8.61. The van der Waals surface area contributed by atoms with Crippen molar-refractivity contribution in [2.24, 2.45) is 0 Å². The van der Waals surface area contributed by atoms with Gasteiger partial charge in [0.25, 0.3) is 0 Å². The maximum Gasteiger partial charge on any atom is 0.228 e. The lowest BCUT2D eigenvalue weighted by Gasteiger charge is -2.32. The largest absolute Gasteiger partial charge is 0.489 e. The van der Waals surface area contributed by atoms with Gasteiger partial charge in [-0.3, -0.25) is 9.69 Å². The van der Waals surface area contributed by atoms with Crippen LogP contribution in [-0.4, -0.2) is 23.9 Å². The van der Waals surface area contributed by atoms with Crippen LogP contribution >= 0.6 is 0 Å². The van der Waals surface area contributed by atoms with Gasteiger partial charge in [-0.2, -0.15) is 0 Å². The molecule has 158 valence electrons. The predicted octanol–water partition coefficient (Wildman–Crippen LogP) is 5.14. The number of hydrogen-bond donors (Lipinski definition) is 1. The summed E-state index contributed by atoms with van der Waals surface area (Å²) < 4.78 is 5.90. The SMILES string of the molecule is O=C1Cc2cc(C3CCN(Cc4ccc(OCc5ccccc5)cc4)CC3)ccc2N1.